The van der Waals surface area contributed by atoms with Crippen LogP contribution in [0.5, 0.6) is 5.75 Å². The molecular formula is C24H24N2O5S. The molecular weight excluding hydrogens is 428 g/mol. The lowest BCUT2D eigenvalue weighted by Gasteiger charge is -2.25. The molecule has 0 bridgehead atoms. The van der Waals surface area contributed by atoms with E-state index in [1.54, 1.807) is 38.5 Å². The van der Waals surface area contributed by atoms with Crippen LogP contribution in [0.2, 0.25) is 0 Å². The van der Waals surface area contributed by atoms with Gasteiger partial charge in [0.2, 0.25) is 0 Å². The molecule has 3 heterocycles. The van der Waals surface area contributed by atoms with Crippen molar-refractivity contribution in [3.8, 4) is 5.75 Å². The SMILES string of the molecule is COc1cccc(C2C(C(=O)OC(C)C)=C(C)N=c3sc(=Cc4ccc(C)o4)c(=O)n32)c1. The number of esters is 1. The van der Waals surface area contributed by atoms with Crippen LogP contribution in [-0.4, -0.2) is 23.8 Å². The number of allylic oxidation sites excluding steroid dienone is 1. The van der Waals surface area contributed by atoms with Gasteiger partial charge in [0, 0.05) is 6.08 Å². The van der Waals surface area contributed by atoms with E-state index in [-0.39, 0.29) is 11.7 Å². The van der Waals surface area contributed by atoms with E-state index in [2.05, 4.69) is 4.99 Å². The maximum Gasteiger partial charge on any atom is 0.338 e. The molecule has 4 rings (SSSR count). The molecule has 0 saturated heterocycles. The van der Waals surface area contributed by atoms with E-state index >= 15 is 0 Å². The standard InChI is InChI=1S/C24H24N2O5S/c1-13(2)30-23(28)20-15(4)25-24-26(21(20)16-7-6-8-17(11-16)29-5)22(27)19(32-24)12-18-10-9-14(3)31-18/h6-13,21H,1-5H3. The Labute approximate surface area is 188 Å². The third-order valence-electron chi connectivity index (χ3n) is 5.03. The number of furan rings is 1. The van der Waals surface area contributed by atoms with Crippen molar-refractivity contribution in [1.29, 1.82) is 0 Å². The van der Waals surface area contributed by atoms with Gasteiger partial charge in [-0.1, -0.05) is 23.5 Å². The Bertz CT molecular complexity index is 1390. The third-order valence-corrected chi connectivity index (χ3v) is 6.01. The average Bonchev–Trinajstić information content (AvgIpc) is 3.29. The Kier molecular flexibility index (Phi) is 5.88. The predicted octanol–water partition coefficient (Wildman–Crippen LogP) is 3.10. The number of aromatic nitrogens is 1. The minimum absolute atomic E-state index is 0.252. The number of methoxy groups -OCH3 is 1. The van der Waals surface area contributed by atoms with Gasteiger partial charge in [-0.2, -0.15) is 0 Å². The van der Waals surface area contributed by atoms with E-state index in [4.69, 9.17) is 13.9 Å². The maximum absolute atomic E-state index is 13.5. The molecule has 32 heavy (non-hydrogen) atoms. The number of ether oxygens (including phenoxy) is 2. The number of hydrogen-bond acceptors (Lipinski definition) is 7. The van der Waals surface area contributed by atoms with Crippen LogP contribution in [0.1, 0.15) is 43.9 Å². The van der Waals surface area contributed by atoms with Gasteiger partial charge in [0.15, 0.2) is 4.80 Å². The minimum atomic E-state index is -0.687. The first-order chi connectivity index (χ1) is 15.3. The zero-order valence-electron chi connectivity index (χ0n) is 18.5. The lowest BCUT2D eigenvalue weighted by atomic mass is 9.95. The van der Waals surface area contributed by atoms with Crippen molar-refractivity contribution < 1.29 is 18.7 Å². The topological polar surface area (TPSA) is 83.0 Å². The average molecular weight is 453 g/mol. The van der Waals surface area contributed by atoms with E-state index < -0.39 is 12.0 Å². The summed E-state index contributed by atoms with van der Waals surface area (Å²) in [4.78, 5) is 31.7. The van der Waals surface area contributed by atoms with E-state index in [9.17, 15) is 9.59 Å². The van der Waals surface area contributed by atoms with Gasteiger partial charge in [-0.3, -0.25) is 9.36 Å². The zero-order chi connectivity index (χ0) is 23.0. The Morgan fingerprint density at radius 3 is 2.69 bits per heavy atom. The predicted molar refractivity (Wildman–Crippen MR) is 121 cm³/mol. The highest BCUT2D eigenvalue weighted by molar-refractivity contribution is 7.07. The molecule has 1 aliphatic rings. The van der Waals surface area contributed by atoms with Crippen LogP contribution in [-0.2, 0) is 9.53 Å². The summed E-state index contributed by atoms with van der Waals surface area (Å²) in [6, 6.07) is 10.3. The Morgan fingerprint density at radius 2 is 2.03 bits per heavy atom. The molecule has 0 amide bonds. The van der Waals surface area contributed by atoms with Crippen LogP contribution < -0.4 is 19.6 Å². The van der Waals surface area contributed by atoms with Gasteiger partial charge >= 0.3 is 5.97 Å². The number of carbonyl (C=O) groups is 1. The highest BCUT2D eigenvalue weighted by Crippen LogP contribution is 2.32. The molecule has 1 aromatic carbocycles. The lowest BCUT2D eigenvalue weighted by molar-refractivity contribution is -0.143. The molecule has 0 fully saturated rings. The summed E-state index contributed by atoms with van der Waals surface area (Å²) >= 11 is 1.26. The molecule has 8 heteroatoms. The summed E-state index contributed by atoms with van der Waals surface area (Å²) in [6.07, 6.45) is 1.39. The van der Waals surface area contributed by atoms with Crippen LogP contribution in [0.3, 0.4) is 0 Å². The van der Waals surface area contributed by atoms with E-state index in [1.165, 1.54) is 11.3 Å². The Balaban J connectivity index is 1.96. The minimum Gasteiger partial charge on any atom is -0.497 e. The van der Waals surface area contributed by atoms with Gasteiger partial charge in [-0.25, -0.2) is 9.79 Å². The quantitative estimate of drug-likeness (QED) is 0.556. The summed E-state index contributed by atoms with van der Waals surface area (Å²) in [6.45, 7) is 7.18. The summed E-state index contributed by atoms with van der Waals surface area (Å²) in [5, 5.41) is 0. The number of hydrogen-bond donors (Lipinski definition) is 0. The molecule has 1 aliphatic heterocycles. The largest absolute Gasteiger partial charge is 0.497 e. The number of benzene rings is 1. The van der Waals surface area contributed by atoms with Crippen molar-refractivity contribution >= 4 is 23.4 Å². The molecule has 7 nitrogen and oxygen atoms in total. The van der Waals surface area contributed by atoms with Crippen LogP contribution >= 0.6 is 11.3 Å². The molecule has 1 atom stereocenters. The summed E-state index contributed by atoms with van der Waals surface area (Å²) in [5.41, 5.74) is 1.33. The molecule has 0 N–H and O–H groups in total. The van der Waals surface area contributed by atoms with Crippen molar-refractivity contribution in [2.45, 2.75) is 39.8 Å². The molecule has 0 aliphatic carbocycles. The van der Waals surface area contributed by atoms with Gasteiger partial charge in [-0.15, -0.1) is 0 Å². The van der Waals surface area contributed by atoms with Crippen molar-refractivity contribution in [2.24, 2.45) is 4.99 Å². The number of aryl methyl sites for hydroxylation is 1. The first kappa shape index (κ1) is 21.8. The molecule has 166 valence electrons. The second kappa shape index (κ2) is 8.63. The molecule has 1 unspecified atom stereocenters. The first-order valence-corrected chi connectivity index (χ1v) is 11.0. The first-order valence-electron chi connectivity index (χ1n) is 10.2. The van der Waals surface area contributed by atoms with Gasteiger partial charge in [0.1, 0.15) is 17.3 Å². The Hall–Kier alpha value is -3.39. The smallest absolute Gasteiger partial charge is 0.338 e. The molecule has 0 saturated carbocycles. The van der Waals surface area contributed by atoms with Crippen LogP contribution in [0, 0.1) is 6.92 Å². The summed E-state index contributed by atoms with van der Waals surface area (Å²) in [5.74, 6) is 1.47. The van der Waals surface area contributed by atoms with Gasteiger partial charge in [0.05, 0.1) is 35.1 Å². The van der Waals surface area contributed by atoms with Crippen LogP contribution in [0.25, 0.3) is 6.08 Å². The van der Waals surface area contributed by atoms with Gasteiger partial charge in [-0.05, 0) is 57.5 Å². The van der Waals surface area contributed by atoms with E-state index in [0.717, 1.165) is 11.3 Å². The normalized spacial score (nSPS) is 16.2. The summed E-state index contributed by atoms with van der Waals surface area (Å²) in [7, 11) is 1.57. The fourth-order valence-corrected chi connectivity index (χ4v) is 4.67. The molecule has 3 aromatic rings. The molecule has 0 radical (unpaired) electrons. The van der Waals surface area contributed by atoms with Crippen molar-refractivity contribution in [1.82, 2.24) is 4.57 Å². The highest BCUT2D eigenvalue weighted by Gasteiger charge is 2.34. The molecule has 2 aromatic heterocycles. The van der Waals surface area contributed by atoms with Gasteiger partial charge < -0.3 is 13.9 Å². The number of fused-ring (bicyclic) bond motifs is 1. The van der Waals surface area contributed by atoms with Gasteiger partial charge in [0.25, 0.3) is 5.56 Å². The number of carbonyl (C=O) groups excluding carboxylic acids is 1. The van der Waals surface area contributed by atoms with Crippen molar-refractivity contribution in [2.75, 3.05) is 7.11 Å². The van der Waals surface area contributed by atoms with E-state index in [1.807, 2.05) is 43.3 Å². The second-order valence-electron chi connectivity index (χ2n) is 7.76. The number of rotatable bonds is 5. The van der Waals surface area contributed by atoms with Crippen LogP contribution in [0.15, 0.2) is 61.9 Å². The fraction of sp³-hybridized carbons (Fsp3) is 0.292. The third kappa shape index (κ3) is 4.05. The summed E-state index contributed by atoms with van der Waals surface area (Å²) < 4.78 is 18.5. The van der Waals surface area contributed by atoms with Crippen molar-refractivity contribution in [3.63, 3.8) is 0 Å². The fourth-order valence-electron chi connectivity index (χ4n) is 3.65. The lowest BCUT2D eigenvalue weighted by Crippen LogP contribution is -2.40. The second-order valence-corrected chi connectivity index (χ2v) is 8.77. The van der Waals surface area contributed by atoms with E-state index in [0.29, 0.717) is 32.1 Å². The number of nitrogens with zero attached hydrogens (tertiary/aromatic N) is 2. The van der Waals surface area contributed by atoms with Crippen molar-refractivity contribution in [3.05, 3.63) is 84.4 Å². The monoisotopic (exact) mass is 452 g/mol. The zero-order valence-corrected chi connectivity index (χ0v) is 19.4. The molecule has 0 spiro atoms. The van der Waals surface area contributed by atoms with Crippen LogP contribution in [0.4, 0.5) is 0 Å². The number of thiazole rings is 1. The Morgan fingerprint density at radius 1 is 1.25 bits per heavy atom. The maximum atomic E-state index is 13.5. The highest BCUT2D eigenvalue weighted by atomic mass is 32.1.